The summed E-state index contributed by atoms with van der Waals surface area (Å²) in [6.45, 7) is 0. The van der Waals surface area contributed by atoms with Crippen LogP contribution in [0.3, 0.4) is 0 Å². The zero-order valence-corrected chi connectivity index (χ0v) is 17.4. The smallest absolute Gasteiger partial charge is 0.357 e. The minimum absolute atomic E-state index is 0.250. The van der Waals surface area contributed by atoms with E-state index in [1.807, 2.05) is 0 Å². The average Bonchev–Trinajstić information content (AvgIpc) is 3.74. The van der Waals surface area contributed by atoms with Gasteiger partial charge in [-0.3, -0.25) is 0 Å². The number of halogens is 4. The van der Waals surface area contributed by atoms with Crippen LogP contribution in [-0.4, -0.2) is 46.4 Å². The number of aliphatic hydroxyl groups is 2. The van der Waals surface area contributed by atoms with Crippen LogP contribution < -0.4 is 11.0 Å². The maximum atomic E-state index is 13.3. The second-order valence-electron chi connectivity index (χ2n) is 8.21. The van der Waals surface area contributed by atoms with Gasteiger partial charge in [0.2, 0.25) is 0 Å². The Bertz CT molecular complexity index is 1020. The van der Waals surface area contributed by atoms with Crippen molar-refractivity contribution in [3.05, 3.63) is 70.8 Å². The molecule has 0 aromatic heterocycles. The van der Waals surface area contributed by atoms with Gasteiger partial charge in [-0.2, -0.15) is 0 Å². The average molecular weight is 484 g/mol. The number of carbonyl (C=O) groups excluding carboxylic acids is 2. The quantitative estimate of drug-likeness (QED) is 0.313. The number of nitrogens with one attached hydrogen (secondary N) is 2. The molecule has 4 rings (SSSR count). The molecule has 34 heavy (non-hydrogen) atoms. The van der Waals surface area contributed by atoms with Gasteiger partial charge in [0.25, 0.3) is 0 Å². The summed E-state index contributed by atoms with van der Waals surface area (Å²) in [4.78, 5) is 33.2. The molecule has 2 aromatic carbocycles. The number of hydrogen-bond donors (Lipinski definition) is 4. The number of carbonyl (C=O) groups is 2. The lowest BCUT2D eigenvalue weighted by molar-refractivity contribution is -0.181. The molecule has 12 heteroatoms. The Morgan fingerprint density at radius 3 is 1.47 bits per heavy atom. The predicted octanol–water partition coefficient (Wildman–Crippen LogP) is 1.47. The molecule has 2 fully saturated rings. The van der Waals surface area contributed by atoms with Crippen molar-refractivity contribution in [2.75, 3.05) is 0 Å². The van der Waals surface area contributed by atoms with Crippen LogP contribution in [0.15, 0.2) is 36.4 Å². The maximum absolute atomic E-state index is 13.3. The number of aliphatic hydroxyl groups excluding tert-OH is 2. The van der Waals surface area contributed by atoms with Gasteiger partial charge in [0.15, 0.2) is 35.5 Å². The molecule has 0 radical (unpaired) electrons. The number of hydroxylamine groups is 2. The van der Waals surface area contributed by atoms with Gasteiger partial charge >= 0.3 is 11.9 Å². The molecule has 2 unspecified atom stereocenters. The molecule has 0 aliphatic heterocycles. The third kappa shape index (κ3) is 5.36. The molecule has 0 saturated heterocycles. The zero-order valence-electron chi connectivity index (χ0n) is 17.4. The third-order valence-corrected chi connectivity index (χ3v) is 5.73. The van der Waals surface area contributed by atoms with E-state index in [2.05, 4.69) is 20.6 Å². The van der Waals surface area contributed by atoms with Crippen LogP contribution in [0.5, 0.6) is 0 Å². The Hall–Kier alpha value is -3.06. The number of rotatable bonds is 9. The highest BCUT2D eigenvalue weighted by atomic mass is 19.2. The highest BCUT2D eigenvalue weighted by molar-refractivity contribution is 5.85. The summed E-state index contributed by atoms with van der Waals surface area (Å²) in [5.74, 6) is -7.19. The van der Waals surface area contributed by atoms with Crippen LogP contribution in [0.2, 0.25) is 0 Å². The molecule has 2 aliphatic rings. The molecule has 4 N–H and O–H groups in total. The van der Waals surface area contributed by atoms with Crippen LogP contribution in [0.4, 0.5) is 17.6 Å². The van der Waals surface area contributed by atoms with Crippen LogP contribution in [-0.2, 0) is 19.3 Å². The van der Waals surface area contributed by atoms with E-state index in [0.717, 1.165) is 24.3 Å². The van der Waals surface area contributed by atoms with Gasteiger partial charge in [0.05, 0.1) is 12.1 Å². The largest absolute Gasteiger partial charge is 0.379 e. The lowest BCUT2D eigenvalue weighted by atomic mass is 10.1. The normalized spacial score (nSPS) is 24.8. The van der Waals surface area contributed by atoms with Crippen LogP contribution in [0.25, 0.3) is 0 Å². The Labute approximate surface area is 190 Å². The van der Waals surface area contributed by atoms with E-state index >= 15 is 0 Å². The van der Waals surface area contributed by atoms with Gasteiger partial charge in [-0.25, -0.2) is 27.2 Å². The molecule has 6 atom stereocenters. The van der Waals surface area contributed by atoms with Gasteiger partial charge in [-0.05, 0) is 48.2 Å². The van der Waals surface area contributed by atoms with Gasteiger partial charge in [-0.1, -0.05) is 12.1 Å². The fourth-order valence-corrected chi connectivity index (χ4v) is 3.52. The summed E-state index contributed by atoms with van der Waals surface area (Å²) in [5.41, 5.74) is 5.67. The Morgan fingerprint density at radius 2 is 1.12 bits per heavy atom. The number of hydrogen-bond acceptors (Lipinski definition) is 8. The van der Waals surface area contributed by atoms with Crippen molar-refractivity contribution in [3.8, 4) is 0 Å². The fourth-order valence-electron chi connectivity index (χ4n) is 3.52. The standard InChI is InChI=1S/C22H20F4N2O6/c23-13-3-1-9(5-15(13)25)11-7-17(11)27-33-21(31)19(29)20(30)22(32)34-28-18-8-12(18)10-2-4-14(24)16(26)6-10/h1-6,11-12,17-20,27-30H,7-8H2/t11-,12-,17+,18+,19?,20?/m0/s1. The van der Waals surface area contributed by atoms with E-state index in [1.165, 1.54) is 12.1 Å². The van der Waals surface area contributed by atoms with Crippen molar-refractivity contribution in [3.63, 3.8) is 0 Å². The highest BCUT2D eigenvalue weighted by Gasteiger charge is 2.43. The molecule has 0 spiro atoms. The minimum Gasteiger partial charge on any atom is -0.379 e. The third-order valence-electron chi connectivity index (χ3n) is 5.73. The molecule has 2 saturated carbocycles. The molecule has 0 amide bonds. The monoisotopic (exact) mass is 484 g/mol. The van der Waals surface area contributed by atoms with E-state index in [-0.39, 0.29) is 11.8 Å². The van der Waals surface area contributed by atoms with Crippen LogP contribution in [0, 0.1) is 23.3 Å². The first-order chi connectivity index (χ1) is 16.2. The van der Waals surface area contributed by atoms with Crippen molar-refractivity contribution in [1.29, 1.82) is 0 Å². The van der Waals surface area contributed by atoms with Crippen molar-refractivity contribution >= 4 is 11.9 Å². The summed E-state index contributed by atoms with van der Waals surface area (Å²) in [5, 5.41) is 19.7. The molecule has 8 nitrogen and oxygen atoms in total. The molecule has 2 aromatic rings. The maximum Gasteiger partial charge on any atom is 0.357 e. The van der Waals surface area contributed by atoms with Crippen LogP contribution in [0.1, 0.15) is 35.8 Å². The van der Waals surface area contributed by atoms with Gasteiger partial charge < -0.3 is 19.9 Å². The summed E-state index contributed by atoms with van der Waals surface area (Å²) >= 11 is 0. The Morgan fingerprint density at radius 1 is 0.735 bits per heavy atom. The summed E-state index contributed by atoms with van der Waals surface area (Å²) < 4.78 is 52.7. The van der Waals surface area contributed by atoms with Crippen molar-refractivity contribution in [2.45, 2.75) is 49.0 Å². The fraction of sp³-hybridized carbons (Fsp3) is 0.364. The lowest BCUT2D eigenvalue weighted by Crippen LogP contribution is -2.45. The molecular weight excluding hydrogens is 464 g/mol. The van der Waals surface area contributed by atoms with Gasteiger partial charge in [0, 0.05) is 11.8 Å². The van der Waals surface area contributed by atoms with Crippen molar-refractivity contribution < 1.29 is 47.0 Å². The van der Waals surface area contributed by atoms with E-state index in [4.69, 9.17) is 0 Å². The molecular formula is C22H20F4N2O6. The second kappa shape index (κ2) is 9.66. The lowest BCUT2D eigenvalue weighted by Gasteiger charge is -2.16. The summed E-state index contributed by atoms with van der Waals surface area (Å²) in [7, 11) is 0. The van der Waals surface area contributed by atoms with E-state index in [9.17, 15) is 37.4 Å². The van der Waals surface area contributed by atoms with E-state index in [1.54, 1.807) is 0 Å². The van der Waals surface area contributed by atoms with Crippen LogP contribution >= 0.6 is 0 Å². The topological polar surface area (TPSA) is 117 Å². The predicted molar refractivity (Wildman–Crippen MR) is 105 cm³/mol. The number of benzene rings is 2. The Kier molecular flexibility index (Phi) is 6.84. The van der Waals surface area contributed by atoms with E-state index in [0.29, 0.717) is 24.0 Å². The zero-order chi connectivity index (χ0) is 24.6. The minimum atomic E-state index is -2.26. The first kappa shape index (κ1) is 24.1. The Balaban J connectivity index is 1.18. The molecule has 2 aliphatic carbocycles. The van der Waals surface area contributed by atoms with Crippen molar-refractivity contribution in [2.24, 2.45) is 0 Å². The first-order valence-electron chi connectivity index (χ1n) is 10.3. The SMILES string of the molecule is O=C(ON[C@@H]1C[C@H]1c1ccc(F)c(F)c1)C(O)C(O)C(=O)ON[C@@H]1C[C@H]1c1ccc(F)c(F)c1. The molecule has 0 bridgehead atoms. The van der Waals surface area contributed by atoms with E-state index < -0.39 is 59.5 Å². The second-order valence-corrected chi connectivity index (χ2v) is 8.21. The van der Waals surface area contributed by atoms with Gasteiger partial charge in [-0.15, -0.1) is 11.0 Å². The van der Waals surface area contributed by atoms with Crippen molar-refractivity contribution in [1.82, 2.24) is 11.0 Å². The molecule has 182 valence electrons. The van der Waals surface area contributed by atoms with Gasteiger partial charge in [0.1, 0.15) is 0 Å². The summed E-state index contributed by atoms with van der Waals surface area (Å²) in [6, 6.07) is 5.96. The molecule has 0 heterocycles. The first-order valence-corrected chi connectivity index (χ1v) is 10.3. The summed E-state index contributed by atoms with van der Waals surface area (Å²) in [6.07, 6.45) is -3.63. The highest BCUT2D eigenvalue weighted by Crippen LogP contribution is 2.42.